The van der Waals surface area contributed by atoms with E-state index in [0.29, 0.717) is 0 Å². The topological polar surface area (TPSA) is 9.86 Å². The molecule has 0 aliphatic carbocycles. The van der Waals surface area contributed by atoms with Gasteiger partial charge in [0.05, 0.1) is 33.4 Å². The highest BCUT2D eigenvalue weighted by molar-refractivity contribution is 6.29. The molecule has 0 spiro atoms. The minimum absolute atomic E-state index is 1.19. The van der Waals surface area contributed by atoms with Crippen molar-refractivity contribution in [2.45, 2.75) is 0 Å². The summed E-state index contributed by atoms with van der Waals surface area (Å²) in [5.41, 5.74) is 12.1. The third kappa shape index (κ3) is 4.11. The van der Waals surface area contributed by atoms with E-state index in [1.165, 1.54) is 110 Å². The number of nitrogens with zero attached hydrogens (tertiary/aromatic N) is 2. The number of benzene rings is 10. The lowest BCUT2D eigenvalue weighted by Crippen LogP contribution is -2.01. The zero-order valence-corrected chi connectivity index (χ0v) is 29.4. The molecule has 2 nitrogen and oxygen atoms in total. The van der Waals surface area contributed by atoms with Gasteiger partial charge in [-0.2, -0.15) is 0 Å². The van der Waals surface area contributed by atoms with Gasteiger partial charge in [0, 0.05) is 32.3 Å². The molecular weight excluding hydrogens is 653 g/mol. The fraction of sp³-hybridized carbons (Fsp3) is 0. The molecule has 0 unspecified atom stereocenters. The number of rotatable bonds is 4. The van der Waals surface area contributed by atoms with Crippen LogP contribution in [0.4, 0.5) is 0 Å². The molecule has 12 rings (SSSR count). The zero-order chi connectivity index (χ0) is 35.3. The fourth-order valence-corrected chi connectivity index (χ4v) is 9.30. The van der Waals surface area contributed by atoms with Gasteiger partial charge in [0.1, 0.15) is 0 Å². The minimum Gasteiger partial charge on any atom is -0.309 e. The van der Waals surface area contributed by atoms with Crippen LogP contribution in [0.25, 0.3) is 110 Å². The zero-order valence-electron chi connectivity index (χ0n) is 29.4. The largest absolute Gasteiger partial charge is 0.309 e. The summed E-state index contributed by atoms with van der Waals surface area (Å²) in [5.74, 6) is 0. The van der Waals surface area contributed by atoms with Crippen LogP contribution in [0.5, 0.6) is 0 Å². The molecule has 0 saturated heterocycles. The number of hydrogen-bond donors (Lipinski definition) is 0. The Bertz CT molecular complexity index is 3080. The normalized spacial score (nSPS) is 12.1. The van der Waals surface area contributed by atoms with Gasteiger partial charge in [-0.25, -0.2) is 0 Å². The van der Waals surface area contributed by atoms with Gasteiger partial charge in [-0.3, -0.25) is 0 Å². The lowest BCUT2D eigenvalue weighted by Gasteiger charge is -2.22. The molecule has 0 radical (unpaired) electrons. The SMILES string of the molecule is c1ccc(-c2cc3cc(-n4c5ccccc5c5ccccc54)c4cc(-c5ccccc5)cc5cc(-n6c7ccccc7c7ccccc76)c(c2)c3c54)cc1. The van der Waals surface area contributed by atoms with Crippen LogP contribution in [0.15, 0.2) is 194 Å². The van der Waals surface area contributed by atoms with Crippen molar-refractivity contribution >= 4 is 75.9 Å². The van der Waals surface area contributed by atoms with Crippen LogP contribution in [0.3, 0.4) is 0 Å². The molecule has 10 aromatic carbocycles. The fourth-order valence-electron chi connectivity index (χ4n) is 9.30. The third-order valence-corrected chi connectivity index (χ3v) is 11.6. The van der Waals surface area contributed by atoms with Gasteiger partial charge in [0.25, 0.3) is 0 Å². The van der Waals surface area contributed by atoms with E-state index in [-0.39, 0.29) is 0 Å². The second kappa shape index (κ2) is 11.2. The van der Waals surface area contributed by atoms with E-state index in [4.69, 9.17) is 0 Å². The van der Waals surface area contributed by atoms with E-state index in [9.17, 15) is 0 Å². The number of fused-ring (bicyclic) bond motifs is 6. The summed E-state index contributed by atoms with van der Waals surface area (Å²) in [7, 11) is 0. The van der Waals surface area contributed by atoms with E-state index in [1.807, 2.05) is 0 Å². The third-order valence-electron chi connectivity index (χ3n) is 11.6. The molecule has 2 heteroatoms. The second-order valence-electron chi connectivity index (χ2n) is 14.5. The lowest BCUT2D eigenvalue weighted by atomic mass is 9.87. The van der Waals surface area contributed by atoms with Crippen molar-refractivity contribution in [2.24, 2.45) is 0 Å². The average molecular weight is 685 g/mol. The first-order valence-corrected chi connectivity index (χ1v) is 18.7. The van der Waals surface area contributed by atoms with Gasteiger partial charge < -0.3 is 9.13 Å². The quantitative estimate of drug-likeness (QED) is 0.163. The van der Waals surface area contributed by atoms with Crippen molar-refractivity contribution in [1.29, 1.82) is 0 Å². The van der Waals surface area contributed by atoms with Gasteiger partial charge in [-0.1, -0.05) is 133 Å². The van der Waals surface area contributed by atoms with Crippen molar-refractivity contribution in [3.8, 4) is 33.6 Å². The Labute approximate surface area is 311 Å². The average Bonchev–Trinajstić information content (AvgIpc) is 3.76. The predicted octanol–water partition coefficient (Wildman–Crippen LogP) is 14.1. The molecule has 250 valence electrons. The molecular formula is C52H32N2. The molecule has 0 bridgehead atoms. The van der Waals surface area contributed by atoms with Crippen LogP contribution in [-0.4, -0.2) is 9.13 Å². The highest BCUT2D eigenvalue weighted by Crippen LogP contribution is 2.47. The Morgan fingerprint density at radius 3 is 0.907 bits per heavy atom. The number of para-hydroxylation sites is 4. The Hall–Kier alpha value is -7.16. The van der Waals surface area contributed by atoms with Gasteiger partial charge in [0.15, 0.2) is 0 Å². The summed E-state index contributed by atoms with van der Waals surface area (Å²) in [6, 6.07) is 71.7. The molecule has 0 aliphatic heterocycles. The molecule has 0 amide bonds. The monoisotopic (exact) mass is 684 g/mol. The van der Waals surface area contributed by atoms with Crippen LogP contribution < -0.4 is 0 Å². The smallest absolute Gasteiger partial charge is 0.0547 e. The van der Waals surface area contributed by atoms with Crippen molar-refractivity contribution < 1.29 is 0 Å². The summed E-state index contributed by atoms with van der Waals surface area (Å²) < 4.78 is 5.00. The number of hydrogen-bond acceptors (Lipinski definition) is 0. The summed E-state index contributed by atoms with van der Waals surface area (Å²) >= 11 is 0. The first kappa shape index (κ1) is 29.4. The van der Waals surface area contributed by atoms with Gasteiger partial charge in [-0.15, -0.1) is 0 Å². The summed E-state index contributed by atoms with van der Waals surface area (Å²) in [4.78, 5) is 0. The minimum atomic E-state index is 1.19. The molecule has 12 aromatic rings. The van der Waals surface area contributed by atoms with Crippen molar-refractivity contribution in [2.75, 3.05) is 0 Å². The van der Waals surface area contributed by atoms with E-state index in [1.54, 1.807) is 0 Å². The van der Waals surface area contributed by atoms with Gasteiger partial charge in [0.2, 0.25) is 0 Å². The van der Waals surface area contributed by atoms with Gasteiger partial charge in [-0.05, 0) is 104 Å². The van der Waals surface area contributed by atoms with Crippen LogP contribution in [-0.2, 0) is 0 Å². The van der Waals surface area contributed by atoms with E-state index in [0.717, 1.165) is 0 Å². The van der Waals surface area contributed by atoms with E-state index >= 15 is 0 Å². The molecule has 0 aliphatic rings. The predicted molar refractivity (Wildman–Crippen MR) is 230 cm³/mol. The van der Waals surface area contributed by atoms with E-state index in [2.05, 4.69) is 203 Å². The van der Waals surface area contributed by atoms with Gasteiger partial charge >= 0.3 is 0 Å². The maximum Gasteiger partial charge on any atom is 0.0547 e. The molecule has 0 saturated carbocycles. The first-order chi connectivity index (χ1) is 26.8. The summed E-state index contributed by atoms with van der Waals surface area (Å²) in [5, 5.41) is 12.6. The first-order valence-electron chi connectivity index (χ1n) is 18.7. The molecule has 54 heavy (non-hydrogen) atoms. The maximum absolute atomic E-state index is 2.50. The highest BCUT2D eigenvalue weighted by Gasteiger charge is 2.23. The number of aromatic nitrogens is 2. The van der Waals surface area contributed by atoms with E-state index < -0.39 is 0 Å². The van der Waals surface area contributed by atoms with Crippen molar-refractivity contribution in [3.05, 3.63) is 194 Å². The Morgan fingerprint density at radius 2 is 0.556 bits per heavy atom. The van der Waals surface area contributed by atoms with Crippen LogP contribution in [0.1, 0.15) is 0 Å². The highest BCUT2D eigenvalue weighted by atomic mass is 15.0. The standard InChI is InChI=1S/C52H32N2/c1-3-15-33(16-4-1)35-27-37-31-50(54-47-25-13-9-21-41(47)42-22-10-14-26-48(42)54)44-30-36(34-17-5-2-6-18-34)28-38-32-49(43(29-35)51(37)52(38)44)53-45-23-11-7-19-39(45)40-20-8-12-24-46(40)53/h1-32H. The Kier molecular flexibility index (Phi) is 6.09. The Morgan fingerprint density at radius 1 is 0.241 bits per heavy atom. The van der Waals surface area contributed by atoms with Crippen LogP contribution >= 0.6 is 0 Å². The van der Waals surface area contributed by atoms with Crippen LogP contribution in [0, 0.1) is 0 Å². The van der Waals surface area contributed by atoms with Crippen molar-refractivity contribution in [1.82, 2.24) is 9.13 Å². The Balaban J connectivity index is 1.31. The van der Waals surface area contributed by atoms with Crippen LogP contribution in [0.2, 0.25) is 0 Å². The molecule has 0 atom stereocenters. The summed E-state index contributed by atoms with van der Waals surface area (Å²) in [6.07, 6.45) is 0. The second-order valence-corrected chi connectivity index (χ2v) is 14.5. The maximum atomic E-state index is 2.50. The molecule has 0 N–H and O–H groups in total. The summed E-state index contributed by atoms with van der Waals surface area (Å²) in [6.45, 7) is 0. The lowest BCUT2D eigenvalue weighted by molar-refractivity contribution is 1.20. The molecule has 2 heterocycles. The molecule has 2 aromatic heterocycles. The molecule has 0 fully saturated rings. The van der Waals surface area contributed by atoms with Crippen molar-refractivity contribution in [3.63, 3.8) is 0 Å².